The number of amides is 2. The molecule has 0 spiro atoms. The molecule has 0 saturated carbocycles. The molecule has 6 heteroatoms. The third kappa shape index (κ3) is 3.11. The Labute approximate surface area is 127 Å². The molecule has 2 aromatic rings. The van der Waals surface area contributed by atoms with Gasteiger partial charge < -0.3 is 20.1 Å². The molecule has 22 heavy (non-hydrogen) atoms. The number of rotatable bonds is 3. The van der Waals surface area contributed by atoms with E-state index < -0.39 is 11.8 Å². The molecule has 0 bridgehead atoms. The van der Waals surface area contributed by atoms with Gasteiger partial charge in [-0.05, 0) is 18.2 Å². The number of hydrogen-bond acceptors (Lipinski definition) is 3. The minimum Gasteiger partial charge on any atom is -0.486 e. The summed E-state index contributed by atoms with van der Waals surface area (Å²) in [5, 5.41) is 5.14. The number of nitrogens with one attached hydrogen (secondary N) is 2. The topological polar surface area (TPSA) is 59.6 Å². The highest BCUT2D eigenvalue weighted by Gasteiger charge is 2.16. The van der Waals surface area contributed by atoms with Crippen LogP contribution in [0.5, 0.6) is 11.5 Å². The number of ether oxygens (including phenoxy) is 2. The van der Waals surface area contributed by atoms with Crippen LogP contribution < -0.4 is 20.1 Å². The lowest BCUT2D eigenvalue weighted by atomic mass is 10.1. The van der Waals surface area contributed by atoms with Gasteiger partial charge in [0, 0.05) is 12.1 Å². The van der Waals surface area contributed by atoms with Gasteiger partial charge in [0.25, 0.3) is 0 Å². The molecule has 1 aliphatic heterocycles. The van der Waals surface area contributed by atoms with E-state index in [0.29, 0.717) is 24.7 Å². The molecular weight excluding hydrogens is 287 g/mol. The summed E-state index contributed by atoms with van der Waals surface area (Å²) < 4.78 is 24.5. The predicted octanol–water partition coefficient (Wildman–Crippen LogP) is 2.92. The van der Waals surface area contributed by atoms with Gasteiger partial charge in [-0.25, -0.2) is 9.18 Å². The van der Waals surface area contributed by atoms with E-state index in [4.69, 9.17) is 9.47 Å². The maximum Gasteiger partial charge on any atom is 0.319 e. The predicted molar refractivity (Wildman–Crippen MR) is 79.7 cm³/mol. The second-order valence-electron chi connectivity index (χ2n) is 4.73. The Hall–Kier alpha value is -2.76. The average Bonchev–Trinajstić information content (AvgIpc) is 2.55. The summed E-state index contributed by atoms with van der Waals surface area (Å²) in [6, 6.07) is 11.0. The van der Waals surface area contributed by atoms with E-state index >= 15 is 0 Å². The molecule has 0 unspecified atom stereocenters. The van der Waals surface area contributed by atoms with Gasteiger partial charge >= 0.3 is 6.03 Å². The Bertz CT molecular complexity index is 691. The number of para-hydroxylation sites is 2. The Morgan fingerprint density at radius 3 is 2.77 bits per heavy atom. The van der Waals surface area contributed by atoms with Crippen molar-refractivity contribution in [2.75, 3.05) is 18.5 Å². The van der Waals surface area contributed by atoms with Crippen LogP contribution in [0.25, 0.3) is 0 Å². The summed E-state index contributed by atoms with van der Waals surface area (Å²) in [6.45, 7) is 1.25. The number of halogens is 1. The van der Waals surface area contributed by atoms with Gasteiger partial charge in [0.05, 0.1) is 5.69 Å². The molecule has 2 amide bonds. The summed E-state index contributed by atoms with van der Waals surface area (Å²) >= 11 is 0. The molecule has 0 atom stereocenters. The number of benzene rings is 2. The molecule has 114 valence electrons. The largest absolute Gasteiger partial charge is 0.486 e. The Balaban J connectivity index is 1.63. The van der Waals surface area contributed by atoms with Crippen molar-refractivity contribution in [2.45, 2.75) is 6.54 Å². The Morgan fingerprint density at radius 2 is 1.91 bits per heavy atom. The average molecular weight is 302 g/mol. The molecule has 3 rings (SSSR count). The second-order valence-corrected chi connectivity index (χ2v) is 4.73. The van der Waals surface area contributed by atoms with Gasteiger partial charge in [-0.15, -0.1) is 0 Å². The van der Waals surface area contributed by atoms with Crippen molar-refractivity contribution in [1.29, 1.82) is 0 Å². The fourth-order valence-electron chi connectivity index (χ4n) is 2.18. The Kier molecular flexibility index (Phi) is 4.09. The number of hydrogen-bond donors (Lipinski definition) is 2. The number of carbonyl (C=O) groups excluding carboxylic acids is 1. The van der Waals surface area contributed by atoms with Gasteiger partial charge in [-0.2, -0.15) is 0 Å². The van der Waals surface area contributed by atoms with Gasteiger partial charge in [0.1, 0.15) is 19.0 Å². The maximum absolute atomic E-state index is 13.5. The molecule has 5 nitrogen and oxygen atoms in total. The SMILES string of the molecule is O=C(NCc1cccc2c1OCCO2)Nc1ccccc1F. The van der Waals surface area contributed by atoms with Crippen LogP contribution in [-0.2, 0) is 6.54 Å². The first kappa shape index (κ1) is 14.2. The molecule has 2 aromatic carbocycles. The molecular formula is C16H15FN2O3. The lowest BCUT2D eigenvalue weighted by Crippen LogP contribution is -2.29. The van der Waals surface area contributed by atoms with Gasteiger partial charge in [0.15, 0.2) is 11.5 Å². The summed E-state index contributed by atoms with van der Waals surface area (Å²) in [5.74, 6) is 0.825. The number of carbonyl (C=O) groups is 1. The first-order valence-corrected chi connectivity index (χ1v) is 6.91. The smallest absolute Gasteiger partial charge is 0.319 e. The normalized spacial score (nSPS) is 12.6. The quantitative estimate of drug-likeness (QED) is 0.916. The Morgan fingerprint density at radius 1 is 1.09 bits per heavy atom. The summed E-state index contributed by atoms with van der Waals surface area (Å²) in [6.07, 6.45) is 0. The molecule has 1 heterocycles. The molecule has 0 aromatic heterocycles. The van der Waals surface area contributed by atoms with Crippen LogP contribution in [0.15, 0.2) is 42.5 Å². The molecule has 0 saturated heterocycles. The van der Waals surface area contributed by atoms with E-state index in [1.165, 1.54) is 12.1 Å². The summed E-state index contributed by atoms with van der Waals surface area (Å²) in [5.41, 5.74) is 0.940. The van der Waals surface area contributed by atoms with E-state index in [0.717, 1.165) is 5.56 Å². The first-order chi connectivity index (χ1) is 10.7. The zero-order chi connectivity index (χ0) is 15.4. The molecule has 1 aliphatic rings. The number of fused-ring (bicyclic) bond motifs is 1. The summed E-state index contributed by atoms with van der Waals surface area (Å²) in [7, 11) is 0. The van der Waals surface area contributed by atoms with Crippen molar-refractivity contribution < 1.29 is 18.7 Å². The molecule has 0 radical (unpaired) electrons. The third-order valence-corrected chi connectivity index (χ3v) is 3.21. The highest BCUT2D eigenvalue weighted by atomic mass is 19.1. The van der Waals surface area contributed by atoms with Crippen molar-refractivity contribution in [3.05, 3.63) is 53.8 Å². The van der Waals surface area contributed by atoms with Crippen molar-refractivity contribution in [3.63, 3.8) is 0 Å². The van der Waals surface area contributed by atoms with Crippen LogP contribution in [0.4, 0.5) is 14.9 Å². The monoisotopic (exact) mass is 302 g/mol. The van der Waals surface area contributed by atoms with Crippen molar-refractivity contribution in [3.8, 4) is 11.5 Å². The highest BCUT2D eigenvalue weighted by molar-refractivity contribution is 5.89. The fraction of sp³-hybridized carbons (Fsp3) is 0.188. The van der Waals surface area contributed by atoms with Crippen molar-refractivity contribution in [1.82, 2.24) is 5.32 Å². The van der Waals surface area contributed by atoms with Gasteiger partial charge in [0.2, 0.25) is 0 Å². The van der Waals surface area contributed by atoms with E-state index in [2.05, 4.69) is 10.6 Å². The number of urea groups is 1. The zero-order valence-electron chi connectivity index (χ0n) is 11.8. The van der Waals surface area contributed by atoms with Crippen molar-refractivity contribution >= 4 is 11.7 Å². The van der Waals surface area contributed by atoms with E-state index in [1.54, 1.807) is 12.1 Å². The lowest BCUT2D eigenvalue weighted by molar-refractivity contribution is 0.169. The van der Waals surface area contributed by atoms with Gasteiger partial charge in [-0.1, -0.05) is 24.3 Å². The van der Waals surface area contributed by atoms with E-state index in [1.807, 2.05) is 18.2 Å². The minimum atomic E-state index is -0.487. The van der Waals surface area contributed by atoms with E-state index in [9.17, 15) is 9.18 Å². The van der Waals surface area contributed by atoms with E-state index in [-0.39, 0.29) is 12.2 Å². The first-order valence-electron chi connectivity index (χ1n) is 6.91. The third-order valence-electron chi connectivity index (χ3n) is 3.21. The second kappa shape index (κ2) is 6.34. The van der Waals surface area contributed by atoms with Crippen LogP contribution in [0, 0.1) is 5.82 Å². The van der Waals surface area contributed by atoms with Crippen molar-refractivity contribution in [2.24, 2.45) is 0 Å². The molecule has 2 N–H and O–H groups in total. The standard InChI is InChI=1S/C16H15FN2O3/c17-12-5-1-2-6-13(12)19-16(20)18-10-11-4-3-7-14-15(11)22-9-8-21-14/h1-7H,8-10H2,(H2,18,19,20). The maximum atomic E-state index is 13.5. The van der Waals surface area contributed by atoms with Crippen LogP contribution in [-0.4, -0.2) is 19.2 Å². The van der Waals surface area contributed by atoms with Gasteiger partial charge in [-0.3, -0.25) is 0 Å². The van der Waals surface area contributed by atoms with Crippen LogP contribution in [0.1, 0.15) is 5.56 Å². The number of anilines is 1. The minimum absolute atomic E-state index is 0.134. The van der Waals surface area contributed by atoms with Crippen LogP contribution in [0.2, 0.25) is 0 Å². The van der Waals surface area contributed by atoms with Crippen LogP contribution >= 0.6 is 0 Å². The summed E-state index contributed by atoms with van der Waals surface area (Å²) in [4.78, 5) is 11.8. The fourth-order valence-corrected chi connectivity index (χ4v) is 2.18. The zero-order valence-corrected chi connectivity index (χ0v) is 11.8. The molecule has 0 aliphatic carbocycles. The lowest BCUT2D eigenvalue weighted by Gasteiger charge is -2.21. The van der Waals surface area contributed by atoms with Crippen LogP contribution in [0.3, 0.4) is 0 Å². The highest BCUT2D eigenvalue weighted by Crippen LogP contribution is 2.33. The molecule has 0 fully saturated rings.